The average molecular weight is 408 g/mol. The van der Waals surface area contributed by atoms with Crippen LogP contribution in [0.5, 0.6) is 5.75 Å². The Hall–Kier alpha value is -2.89. The molecule has 4 aromatic rings. The largest absolute Gasteiger partial charge is 0.468 e. The van der Waals surface area contributed by atoms with Gasteiger partial charge in [-0.1, -0.05) is 59.3 Å². The van der Waals surface area contributed by atoms with Crippen molar-refractivity contribution >= 4 is 22.6 Å². The van der Waals surface area contributed by atoms with Crippen LogP contribution in [0.15, 0.2) is 78.9 Å². The normalized spacial score (nSPS) is 13.3. The second-order valence-corrected chi connectivity index (χ2v) is 7.08. The van der Waals surface area contributed by atoms with E-state index in [-0.39, 0.29) is 6.10 Å². The predicted octanol–water partition coefficient (Wildman–Crippen LogP) is 5.83. The van der Waals surface area contributed by atoms with Gasteiger partial charge in [-0.25, -0.2) is 4.68 Å². The van der Waals surface area contributed by atoms with E-state index in [0.29, 0.717) is 18.1 Å². The van der Waals surface area contributed by atoms with Crippen molar-refractivity contribution in [3.63, 3.8) is 0 Å². The van der Waals surface area contributed by atoms with Crippen molar-refractivity contribution in [2.45, 2.75) is 25.7 Å². The van der Waals surface area contributed by atoms with Crippen LogP contribution in [0.3, 0.4) is 0 Å². The predicted molar refractivity (Wildman–Crippen MR) is 114 cm³/mol. The van der Waals surface area contributed by atoms with Gasteiger partial charge in [-0.3, -0.25) is 0 Å². The van der Waals surface area contributed by atoms with Gasteiger partial charge < -0.3 is 9.47 Å². The van der Waals surface area contributed by atoms with E-state index in [0.717, 1.165) is 22.3 Å². The van der Waals surface area contributed by atoms with Crippen molar-refractivity contribution in [3.8, 4) is 5.75 Å². The lowest BCUT2D eigenvalue weighted by molar-refractivity contribution is 0.00137. The van der Waals surface area contributed by atoms with E-state index in [9.17, 15) is 0 Å². The standard InChI is InChI=1S/C23H22ClN3O2/c1-2-28-22(17-12-14-18(24)15-13-17)16-23(29-19-8-4-3-5-9-19)27-21-11-7-6-10-20(21)25-26-27/h3-15,22-23H,2,16H2,1H3. The Balaban J connectivity index is 1.69. The van der Waals surface area contributed by atoms with Crippen LogP contribution in [0.1, 0.15) is 31.2 Å². The van der Waals surface area contributed by atoms with Gasteiger partial charge in [0.1, 0.15) is 11.3 Å². The molecule has 4 rings (SSSR count). The van der Waals surface area contributed by atoms with Crippen LogP contribution in [-0.4, -0.2) is 21.6 Å². The number of hydrogen-bond donors (Lipinski definition) is 0. The molecule has 0 spiro atoms. The molecule has 0 aliphatic heterocycles. The number of rotatable bonds is 8. The third kappa shape index (κ3) is 4.58. The molecule has 0 aliphatic rings. The average Bonchev–Trinajstić information content (AvgIpc) is 3.18. The molecule has 2 unspecified atom stereocenters. The summed E-state index contributed by atoms with van der Waals surface area (Å²) in [5, 5.41) is 9.37. The zero-order valence-corrected chi connectivity index (χ0v) is 16.9. The lowest BCUT2D eigenvalue weighted by Crippen LogP contribution is -2.21. The van der Waals surface area contributed by atoms with Crippen molar-refractivity contribution < 1.29 is 9.47 Å². The topological polar surface area (TPSA) is 49.2 Å². The summed E-state index contributed by atoms with van der Waals surface area (Å²) in [6.45, 7) is 2.57. The first-order chi connectivity index (χ1) is 14.2. The molecule has 0 aliphatic carbocycles. The summed E-state index contributed by atoms with van der Waals surface area (Å²) >= 11 is 6.07. The van der Waals surface area contributed by atoms with Gasteiger partial charge in [0, 0.05) is 18.1 Å². The maximum atomic E-state index is 6.34. The Morgan fingerprint density at radius 2 is 1.66 bits per heavy atom. The Kier molecular flexibility index (Phi) is 6.08. The fourth-order valence-electron chi connectivity index (χ4n) is 3.32. The Morgan fingerprint density at radius 3 is 2.41 bits per heavy atom. The first-order valence-electron chi connectivity index (χ1n) is 9.63. The SMILES string of the molecule is CCOC(CC(Oc1ccccc1)n1nnc2ccccc21)c1ccc(Cl)cc1. The number of nitrogens with zero attached hydrogens (tertiary/aromatic N) is 3. The maximum absolute atomic E-state index is 6.34. The van der Waals surface area contributed by atoms with Gasteiger partial charge in [0.15, 0.2) is 6.23 Å². The van der Waals surface area contributed by atoms with Crippen molar-refractivity contribution in [3.05, 3.63) is 89.4 Å². The van der Waals surface area contributed by atoms with Gasteiger partial charge >= 0.3 is 0 Å². The second kappa shape index (κ2) is 9.07. The fraction of sp³-hybridized carbons (Fsp3) is 0.217. The molecule has 1 heterocycles. The third-order valence-electron chi connectivity index (χ3n) is 4.69. The lowest BCUT2D eigenvalue weighted by atomic mass is 10.1. The Bertz CT molecular complexity index is 1050. The fourth-order valence-corrected chi connectivity index (χ4v) is 3.44. The molecule has 5 nitrogen and oxygen atoms in total. The van der Waals surface area contributed by atoms with Crippen molar-refractivity contribution in [1.82, 2.24) is 15.0 Å². The summed E-state index contributed by atoms with van der Waals surface area (Å²) in [5.41, 5.74) is 2.79. The highest BCUT2D eigenvalue weighted by Crippen LogP contribution is 2.31. The van der Waals surface area contributed by atoms with Gasteiger partial charge in [0.05, 0.1) is 11.6 Å². The molecule has 148 valence electrons. The number of halogens is 1. The van der Waals surface area contributed by atoms with Gasteiger partial charge in [0.25, 0.3) is 0 Å². The first kappa shape index (κ1) is 19.4. The molecule has 1 aromatic heterocycles. The minimum atomic E-state index is -0.392. The molecule has 6 heteroatoms. The van der Waals surface area contributed by atoms with Crippen LogP contribution in [-0.2, 0) is 4.74 Å². The number of para-hydroxylation sites is 2. The molecular weight excluding hydrogens is 386 g/mol. The summed E-state index contributed by atoms with van der Waals surface area (Å²) in [6, 6.07) is 25.3. The summed E-state index contributed by atoms with van der Waals surface area (Å²) in [7, 11) is 0. The Morgan fingerprint density at radius 1 is 0.931 bits per heavy atom. The number of aromatic nitrogens is 3. The third-order valence-corrected chi connectivity index (χ3v) is 4.94. The molecule has 2 atom stereocenters. The Labute approximate surface area is 174 Å². The molecule has 0 bridgehead atoms. The van der Waals surface area contributed by atoms with E-state index in [1.165, 1.54) is 0 Å². The van der Waals surface area contributed by atoms with E-state index < -0.39 is 6.23 Å². The first-order valence-corrected chi connectivity index (χ1v) is 10.0. The minimum absolute atomic E-state index is 0.172. The molecule has 0 N–H and O–H groups in total. The number of benzene rings is 3. The second-order valence-electron chi connectivity index (χ2n) is 6.64. The van der Waals surface area contributed by atoms with Gasteiger partial charge in [-0.2, -0.15) is 0 Å². The monoisotopic (exact) mass is 407 g/mol. The van der Waals surface area contributed by atoms with Crippen LogP contribution < -0.4 is 4.74 Å². The van der Waals surface area contributed by atoms with Crippen molar-refractivity contribution in [1.29, 1.82) is 0 Å². The minimum Gasteiger partial charge on any atom is -0.468 e. The highest BCUT2D eigenvalue weighted by atomic mass is 35.5. The molecule has 0 radical (unpaired) electrons. The highest BCUT2D eigenvalue weighted by Gasteiger charge is 2.24. The molecule has 3 aromatic carbocycles. The number of ether oxygens (including phenoxy) is 2. The van der Waals surface area contributed by atoms with Crippen LogP contribution in [0, 0.1) is 0 Å². The maximum Gasteiger partial charge on any atom is 0.196 e. The lowest BCUT2D eigenvalue weighted by Gasteiger charge is -2.25. The summed E-state index contributed by atoms with van der Waals surface area (Å²) in [6.07, 6.45) is 0.00327. The summed E-state index contributed by atoms with van der Waals surface area (Å²) < 4.78 is 14.2. The van der Waals surface area contributed by atoms with E-state index >= 15 is 0 Å². The quantitative estimate of drug-likeness (QED) is 0.368. The molecular formula is C23H22ClN3O2. The van der Waals surface area contributed by atoms with Crippen LogP contribution >= 0.6 is 11.6 Å². The molecule has 0 saturated carbocycles. The highest BCUT2D eigenvalue weighted by molar-refractivity contribution is 6.30. The van der Waals surface area contributed by atoms with Gasteiger partial charge in [-0.15, -0.1) is 5.10 Å². The van der Waals surface area contributed by atoms with Crippen molar-refractivity contribution in [2.24, 2.45) is 0 Å². The van der Waals surface area contributed by atoms with E-state index in [4.69, 9.17) is 21.1 Å². The van der Waals surface area contributed by atoms with E-state index in [2.05, 4.69) is 10.3 Å². The van der Waals surface area contributed by atoms with Crippen molar-refractivity contribution in [2.75, 3.05) is 6.61 Å². The van der Waals surface area contributed by atoms with E-state index in [1.54, 1.807) is 0 Å². The van der Waals surface area contributed by atoms with Crippen LogP contribution in [0.4, 0.5) is 0 Å². The van der Waals surface area contributed by atoms with Crippen LogP contribution in [0.2, 0.25) is 5.02 Å². The van der Waals surface area contributed by atoms with Crippen LogP contribution in [0.25, 0.3) is 11.0 Å². The van der Waals surface area contributed by atoms with E-state index in [1.807, 2.05) is 90.5 Å². The van der Waals surface area contributed by atoms with Gasteiger partial charge in [-0.05, 0) is 48.9 Å². The molecule has 29 heavy (non-hydrogen) atoms. The summed E-state index contributed by atoms with van der Waals surface area (Å²) in [4.78, 5) is 0. The zero-order valence-electron chi connectivity index (χ0n) is 16.1. The smallest absolute Gasteiger partial charge is 0.196 e. The molecule has 0 fully saturated rings. The number of fused-ring (bicyclic) bond motifs is 1. The zero-order chi connectivity index (χ0) is 20.1. The number of hydrogen-bond acceptors (Lipinski definition) is 4. The molecule has 0 amide bonds. The van der Waals surface area contributed by atoms with Gasteiger partial charge in [0.2, 0.25) is 0 Å². The summed E-state index contributed by atoms with van der Waals surface area (Å²) in [5.74, 6) is 0.767. The molecule has 0 saturated heterocycles.